The smallest absolute Gasteiger partial charge is 0.350 e. The molecule has 6 heteroatoms. The van der Waals surface area contributed by atoms with E-state index in [0.29, 0.717) is 0 Å². The molecule has 0 radical (unpaired) electrons. The van der Waals surface area contributed by atoms with Gasteiger partial charge in [0.05, 0.1) is 5.69 Å². The second-order valence-electron chi connectivity index (χ2n) is 4.36. The number of benzene rings is 1. The van der Waals surface area contributed by atoms with Crippen molar-refractivity contribution in [3.63, 3.8) is 0 Å². The van der Waals surface area contributed by atoms with Crippen molar-refractivity contribution < 1.29 is 19.1 Å². The normalized spacial score (nSPS) is 17.5. The minimum absolute atomic E-state index is 0.154. The zero-order valence-corrected chi connectivity index (χ0v) is 12.6. The van der Waals surface area contributed by atoms with Crippen LogP contribution in [0, 0.1) is 3.57 Å². The first kappa shape index (κ1) is 13.9. The number of cyclic esters (lactones) is 2. The van der Waals surface area contributed by atoms with Crippen LogP contribution in [-0.2, 0) is 19.1 Å². The topological polar surface area (TPSA) is 64.6 Å². The Morgan fingerprint density at radius 1 is 1.16 bits per heavy atom. The van der Waals surface area contributed by atoms with Crippen LogP contribution in [0.2, 0.25) is 0 Å². The fourth-order valence-electron chi connectivity index (χ4n) is 1.51. The van der Waals surface area contributed by atoms with Crippen LogP contribution in [0.5, 0.6) is 0 Å². The Bertz CT molecular complexity index is 544. The molecule has 0 aromatic heterocycles. The van der Waals surface area contributed by atoms with Gasteiger partial charge in [-0.1, -0.05) is 12.1 Å². The summed E-state index contributed by atoms with van der Waals surface area (Å²) in [5.74, 6) is -2.61. The van der Waals surface area contributed by atoms with Crippen LogP contribution in [-0.4, -0.2) is 17.7 Å². The summed E-state index contributed by atoms with van der Waals surface area (Å²) in [6.07, 6.45) is 1.30. The summed E-state index contributed by atoms with van der Waals surface area (Å²) >= 11 is 2.15. The molecule has 0 aliphatic carbocycles. The van der Waals surface area contributed by atoms with Crippen LogP contribution < -0.4 is 5.32 Å². The van der Waals surface area contributed by atoms with E-state index in [1.807, 2.05) is 24.3 Å². The predicted molar refractivity (Wildman–Crippen MR) is 77.1 cm³/mol. The largest absolute Gasteiger partial charge is 0.419 e. The maximum absolute atomic E-state index is 11.7. The average Bonchev–Trinajstić information content (AvgIpc) is 2.28. The second-order valence-corrected chi connectivity index (χ2v) is 5.52. The molecule has 1 aromatic rings. The Balaban J connectivity index is 2.18. The zero-order valence-electron chi connectivity index (χ0n) is 10.4. The van der Waals surface area contributed by atoms with E-state index < -0.39 is 17.7 Å². The van der Waals surface area contributed by atoms with Gasteiger partial charge in [-0.15, -0.1) is 0 Å². The molecule has 19 heavy (non-hydrogen) atoms. The molecule has 0 amide bonds. The van der Waals surface area contributed by atoms with Crippen LogP contribution in [0.3, 0.4) is 0 Å². The molecular weight excluding hydrogens is 361 g/mol. The molecule has 0 atom stereocenters. The van der Waals surface area contributed by atoms with E-state index in [2.05, 4.69) is 27.9 Å². The minimum atomic E-state index is -1.22. The number of carbonyl (C=O) groups excluding carboxylic acids is 2. The first-order valence-corrected chi connectivity index (χ1v) is 6.65. The van der Waals surface area contributed by atoms with Gasteiger partial charge in [0.15, 0.2) is 5.57 Å². The Morgan fingerprint density at radius 2 is 1.74 bits per heavy atom. The van der Waals surface area contributed by atoms with Crippen LogP contribution in [0.1, 0.15) is 13.8 Å². The lowest BCUT2D eigenvalue weighted by atomic mass is 10.2. The number of rotatable bonds is 2. The summed E-state index contributed by atoms with van der Waals surface area (Å²) in [5.41, 5.74) is 0.639. The Hall–Kier alpha value is -1.57. The molecule has 0 spiro atoms. The lowest BCUT2D eigenvalue weighted by molar-refractivity contribution is -0.222. The van der Waals surface area contributed by atoms with Crippen molar-refractivity contribution in [2.24, 2.45) is 0 Å². The molecule has 1 fully saturated rings. The van der Waals surface area contributed by atoms with Crippen molar-refractivity contribution >= 4 is 40.2 Å². The summed E-state index contributed by atoms with van der Waals surface area (Å²) in [4.78, 5) is 23.4. The lowest BCUT2D eigenvalue weighted by Crippen LogP contribution is -2.42. The first-order valence-electron chi connectivity index (χ1n) is 5.57. The number of esters is 2. The quantitative estimate of drug-likeness (QED) is 0.373. The summed E-state index contributed by atoms with van der Waals surface area (Å²) in [6, 6.07) is 7.49. The number of nitrogens with one attached hydrogen (secondary N) is 1. The highest BCUT2D eigenvalue weighted by Gasteiger charge is 2.38. The van der Waals surface area contributed by atoms with Gasteiger partial charge >= 0.3 is 11.9 Å². The van der Waals surface area contributed by atoms with Gasteiger partial charge in [-0.05, 0) is 34.7 Å². The molecule has 1 heterocycles. The van der Waals surface area contributed by atoms with Gasteiger partial charge in [0, 0.05) is 23.6 Å². The third-order valence-electron chi connectivity index (χ3n) is 2.36. The van der Waals surface area contributed by atoms with E-state index in [1.54, 1.807) is 0 Å². The standard InChI is InChI=1S/C13H12INO4/c1-13(2)18-11(16)8(12(17)19-13)7-15-10-6-4-3-5-9(10)14/h3-7,15H,1-2H3. The maximum Gasteiger partial charge on any atom is 0.350 e. The highest BCUT2D eigenvalue weighted by Crippen LogP contribution is 2.23. The van der Waals surface area contributed by atoms with Crippen molar-refractivity contribution in [1.82, 2.24) is 0 Å². The van der Waals surface area contributed by atoms with Gasteiger partial charge < -0.3 is 14.8 Å². The molecule has 1 N–H and O–H groups in total. The minimum Gasteiger partial charge on any atom is -0.419 e. The Kier molecular flexibility index (Phi) is 3.79. The number of para-hydroxylation sites is 1. The van der Waals surface area contributed by atoms with Gasteiger partial charge in [0.25, 0.3) is 5.79 Å². The third-order valence-corrected chi connectivity index (χ3v) is 3.30. The van der Waals surface area contributed by atoms with E-state index in [1.165, 1.54) is 20.0 Å². The molecular formula is C13H12INO4. The summed E-state index contributed by atoms with van der Waals surface area (Å²) in [6.45, 7) is 3.01. The Morgan fingerprint density at radius 3 is 2.32 bits per heavy atom. The van der Waals surface area contributed by atoms with Gasteiger partial charge in [-0.3, -0.25) is 0 Å². The van der Waals surface area contributed by atoms with Crippen molar-refractivity contribution in [1.29, 1.82) is 0 Å². The number of hydrogen-bond donors (Lipinski definition) is 1. The number of ether oxygens (including phenoxy) is 2. The molecule has 1 saturated heterocycles. The lowest BCUT2D eigenvalue weighted by Gasteiger charge is -2.29. The highest BCUT2D eigenvalue weighted by molar-refractivity contribution is 14.1. The van der Waals surface area contributed by atoms with E-state index in [4.69, 9.17) is 9.47 Å². The maximum atomic E-state index is 11.7. The average molecular weight is 373 g/mol. The van der Waals surface area contributed by atoms with Crippen molar-refractivity contribution in [3.8, 4) is 0 Å². The van der Waals surface area contributed by atoms with E-state index >= 15 is 0 Å². The monoisotopic (exact) mass is 373 g/mol. The van der Waals surface area contributed by atoms with Crippen LogP contribution >= 0.6 is 22.6 Å². The SMILES string of the molecule is CC1(C)OC(=O)C(=CNc2ccccc2I)C(=O)O1. The van der Waals surface area contributed by atoms with Crippen molar-refractivity contribution in [2.45, 2.75) is 19.6 Å². The first-order chi connectivity index (χ1) is 8.89. The predicted octanol–water partition coefficient (Wildman–Crippen LogP) is 2.42. The number of halogens is 1. The molecule has 5 nitrogen and oxygen atoms in total. The van der Waals surface area contributed by atoms with E-state index in [-0.39, 0.29) is 5.57 Å². The van der Waals surface area contributed by atoms with Crippen LogP contribution in [0.25, 0.3) is 0 Å². The number of carbonyl (C=O) groups is 2. The third kappa shape index (κ3) is 3.25. The summed E-state index contributed by atoms with van der Waals surface area (Å²) in [5, 5.41) is 2.90. The molecule has 1 aromatic carbocycles. The van der Waals surface area contributed by atoms with Crippen molar-refractivity contribution in [3.05, 3.63) is 39.6 Å². The Labute approximate surface area is 124 Å². The van der Waals surface area contributed by atoms with E-state index in [0.717, 1.165) is 9.26 Å². The molecule has 2 rings (SSSR count). The number of hydrogen-bond acceptors (Lipinski definition) is 5. The van der Waals surface area contributed by atoms with Crippen LogP contribution in [0.4, 0.5) is 5.69 Å². The molecule has 0 saturated carbocycles. The van der Waals surface area contributed by atoms with Gasteiger partial charge in [0.1, 0.15) is 0 Å². The summed E-state index contributed by atoms with van der Waals surface area (Å²) < 4.78 is 10.9. The molecule has 0 bridgehead atoms. The van der Waals surface area contributed by atoms with Gasteiger partial charge in [0.2, 0.25) is 0 Å². The van der Waals surface area contributed by atoms with Crippen LogP contribution in [0.15, 0.2) is 36.0 Å². The van der Waals surface area contributed by atoms with E-state index in [9.17, 15) is 9.59 Å². The van der Waals surface area contributed by atoms with Crippen molar-refractivity contribution in [2.75, 3.05) is 5.32 Å². The van der Waals surface area contributed by atoms with Gasteiger partial charge in [-0.25, -0.2) is 9.59 Å². The molecule has 1 aliphatic rings. The fraction of sp³-hybridized carbons (Fsp3) is 0.231. The summed E-state index contributed by atoms with van der Waals surface area (Å²) in [7, 11) is 0. The fourth-order valence-corrected chi connectivity index (χ4v) is 2.05. The second kappa shape index (κ2) is 5.20. The molecule has 1 aliphatic heterocycles. The molecule has 0 unspecified atom stereocenters. The molecule has 100 valence electrons. The number of anilines is 1. The zero-order chi connectivity index (χ0) is 14.0. The highest BCUT2D eigenvalue weighted by atomic mass is 127. The van der Waals surface area contributed by atoms with Gasteiger partial charge in [-0.2, -0.15) is 0 Å².